The topological polar surface area (TPSA) is 116 Å². The van der Waals surface area contributed by atoms with Crippen molar-refractivity contribution in [3.05, 3.63) is 52.1 Å². The van der Waals surface area contributed by atoms with Crippen molar-refractivity contribution in [2.45, 2.75) is 13.0 Å². The first-order valence-corrected chi connectivity index (χ1v) is 6.14. The number of rotatable bonds is 4. The van der Waals surface area contributed by atoms with Gasteiger partial charge in [-0.3, -0.25) is 10.1 Å². The van der Waals surface area contributed by atoms with Crippen LogP contribution in [0.1, 0.15) is 18.5 Å². The van der Waals surface area contributed by atoms with Crippen LogP contribution in [0.4, 0.5) is 11.4 Å². The van der Waals surface area contributed by atoms with E-state index >= 15 is 0 Å². The van der Waals surface area contributed by atoms with Crippen molar-refractivity contribution in [1.82, 2.24) is 0 Å². The summed E-state index contributed by atoms with van der Waals surface area (Å²) in [4.78, 5) is 10.4. The SMILES string of the molecule is CC(Nc1ccc(O)cc1[N+](=O)[O-])c1ccc(O)cc1O. The molecule has 0 spiro atoms. The minimum atomic E-state index is -0.606. The Kier molecular flexibility index (Phi) is 3.84. The largest absolute Gasteiger partial charge is 0.508 e. The number of anilines is 1. The average molecular weight is 290 g/mol. The predicted octanol–water partition coefficient (Wildman–Crippen LogP) is 2.88. The quantitative estimate of drug-likeness (QED) is 0.391. The van der Waals surface area contributed by atoms with E-state index in [1.807, 2.05) is 0 Å². The van der Waals surface area contributed by atoms with Crippen LogP contribution < -0.4 is 5.32 Å². The summed E-state index contributed by atoms with van der Waals surface area (Å²) in [6, 6.07) is 7.46. The van der Waals surface area contributed by atoms with Gasteiger partial charge in [-0.05, 0) is 31.2 Å². The fourth-order valence-electron chi connectivity index (χ4n) is 2.00. The summed E-state index contributed by atoms with van der Waals surface area (Å²) in [6.07, 6.45) is 0. The molecule has 0 saturated carbocycles. The van der Waals surface area contributed by atoms with Crippen LogP contribution in [0.2, 0.25) is 0 Å². The molecule has 0 saturated heterocycles. The highest BCUT2D eigenvalue weighted by atomic mass is 16.6. The Balaban J connectivity index is 2.31. The Morgan fingerprint density at radius 1 is 1.10 bits per heavy atom. The highest BCUT2D eigenvalue weighted by Crippen LogP contribution is 2.34. The normalized spacial score (nSPS) is 11.9. The molecular weight excluding hydrogens is 276 g/mol. The Bertz CT molecular complexity index is 687. The van der Waals surface area contributed by atoms with E-state index in [-0.39, 0.29) is 28.6 Å². The molecule has 0 aliphatic heterocycles. The number of hydrogen-bond acceptors (Lipinski definition) is 6. The number of nitro groups is 1. The second-order valence-corrected chi connectivity index (χ2v) is 4.57. The van der Waals surface area contributed by atoms with Gasteiger partial charge in [0, 0.05) is 11.6 Å². The van der Waals surface area contributed by atoms with Gasteiger partial charge in [-0.25, -0.2) is 0 Å². The van der Waals surface area contributed by atoms with Gasteiger partial charge >= 0.3 is 0 Å². The minimum absolute atomic E-state index is 0.0703. The number of phenols is 3. The van der Waals surface area contributed by atoms with Gasteiger partial charge in [0.1, 0.15) is 22.9 Å². The molecule has 2 aromatic carbocycles. The second kappa shape index (κ2) is 5.58. The van der Waals surface area contributed by atoms with Gasteiger partial charge < -0.3 is 20.6 Å². The number of phenolic OH excluding ortho intramolecular Hbond substituents is 3. The molecule has 2 aromatic rings. The van der Waals surface area contributed by atoms with Crippen molar-refractivity contribution in [2.75, 3.05) is 5.32 Å². The molecule has 0 bridgehead atoms. The van der Waals surface area contributed by atoms with E-state index in [1.54, 1.807) is 6.92 Å². The van der Waals surface area contributed by atoms with Crippen LogP contribution in [0.5, 0.6) is 17.2 Å². The van der Waals surface area contributed by atoms with Crippen molar-refractivity contribution in [3.63, 3.8) is 0 Å². The number of aromatic hydroxyl groups is 3. The first kappa shape index (κ1) is 14.4. The third-order valence-corrected chi connectivity index (χ3v) is 3.03. The van der Waals surface area contributed by atoms with E-state index in [9.17, 15) is 25.4 Å². The van der Waals surface area contributed by atoms with Gasteiger partial charge in [0.2, 0.25) is 0 Å². The highest BCUT2D eigenvalue weighted by molar-refractivity contribution is 5.64. The number of benzene rings is 2. The summed E-state index contributed by atoms with van der Waals surface area (Å²) in [5.41, 5.74) is 0.438. The number of nitrogens with one attached hydrogen (secondary N) is 1. The molecule has 7 nitrogen and oxygen atoms in total. The third-order valence-electron chi connectivity index (χ3n) is 3.03. The van der Waals surface area contributed by atoms with Crippen molar-refractivity contribution in [2.24, 2.45) is 0 Å². The van der Waals surface area contributed by atoms with E-state index < -0.39 is 11.0 Å². The summed E-state index contributed by atoms with van der Waals surface area (Å²) in [5, 5.41) is 42.2. The lowest BCUT2D eigenvalue weighted by Crippen LogP contribution is -2.08. The van der Waals surface area contributed by atoms with Gasteiger partial charge in [0.25, 0.3) is 5.69 Å². The van der Waals surface area contributed by atoms with Gasteiger partial charge in [0.05, 0.1) is 17.0 Å². The fourth-order valence-corrected chi connectivity index (χ4v) is 2.00. The van der Waals surface area contributed by atoms with Crippen LogP contribution in [0.25, 0.3) is 0 Å². The molecule has 4 N–H and O–H groups in total. The maximum atomic E-state index is 11.0. The van der Waals surface area contributed by atoms with Crippen LogP contribution in [0.15, 0.2) is 36.4 Å². The minimum Gasteiger partial charge on any atom is -0.508 e. The molecule has 0 heterocycles. The van der Waals surface area contributed by atoms with Crippen LogP contribution in [-0.4, -0.2) is 20.2 Å². The lowest BCUT2D eigenvalue weighted by molar-refractivity contribution is -0.384. The van der Waals surface area contributed by atoms with Crippen molar-refractivity contribution in [3.8, 4) is 17.2 Å². The monoisotopic (exact) mass is 290 g/mol. The summed E-state index contributed by atoms with van der Waals surface area (Å²) in [7, 11) is 0. The van der Waals surface area contributed by atoms with Gasteiger partial charge in [-0.1, -0.05) is 0 Å². The molecule has 1 unspecified atom stereocenters. The summed E-state index contributed by atoms with van der Waals surface area (Å²) < 4.78 is 0. The molecule has 0 aromatic heterocycles. The second-order valence-electron chi connectivity index (χ2n) is 4.57. The van der Waals surface area contributed by atoms with Gasteiger partial charge in [0.15, 0.2) is 0 Å². The van der Waals surface area contributed by atoms with E-state index in [1.165, 1.54) is 30.3 Å². The molecule has 0 fully saturated rings. The number of nitro benzene ring substituents is 1. The molecule has 0 aliphatic rings. The lowest BCUT2D eigenvalue weighted by Gasteiger charge is -2.17. The standard InChI is InChI=1S/C14H14N2O5/c1-8(11-4-2-10(18)7-14(11)19)15-12-5-3-9(17)6-13(12)16(20)21/h2-8,15,17-19H,1H3. The smallest absolute Gasteiger partial charge is 0.296 e. The molecule has 0 aliphatic carbocycles. The third kappa shape index (κ3) is 3.14. The molecule has 110 valence electrons. The summed E-state index contributed by atoms with van der Waals surface area (Å²) >= 11 is 0. The number of hydrogen-bond donors (Lipinski definition) is 4. The van der Waals surface area contributed by atoms with Crippen molar-refractivity contribution in [1.29, 1.82) is 0 Å². The first-order valence-electron chi connectivity index (χ1n) is 6.14. The van der Waals surface area contributed by atoms with Crippen LogP contribution in [-0.2, 0) is 0 Å². The summed E-state index contributed by atoms with van der Waals surface area (Å²) in [5.74, 6) is -0.386. The Hall–Kier alpha value is -2.96. The molecule has 0 radical (unpaired) electrons. The zero-order valence-electron chi connectivity index (χ0n) is 11.1. The Morgan fingerprint density at radius 3 is 2.33 bits per heavy atom. The molecule has 21 heavy (non-hydrogen) atoms. The molecule has 7 heteroatoms. The molecule has 1 atom stereocenters. The van der Waals surface area contributed by atoms with Crippen LogP contribution in [0.3, 0.4) is 0 Å². The predicted molar refractivity (Wildman–Crippen MR) is 76.6 cm³/mol. The number of nitrogens with zero attached hydrogens (tertiary/aromatic N) is 1. The van der Waals surface area contributed by atoms with E-state index in [0.717, 1.165) is 6.07 Å². The van der Waals surface area contributed by atoms with E-state index in [0.29, 0.717) is 5.56 Å². The lowest BCUT2D eigenvalue weighted by atomic mass is 10.1. The van der Waals surface area contributed by atoms with Crippen molar-refractivity contribution >= 4 is 11.4 Å². The van der Waals surface area contributed by atoms with E-state index in [2.05, 4.69) is 5.32 Å². The highest BCUT2D eigenvalue weighted by Gasteiger charge is 2.18. The van der Waals surface area contributed by atoms with E-state index in [4.69, 9.17) is 0 Å². The summed E-state index contributed by atoms with van der Waals surface area (Å²) in [6.45, 7) is 1.71. The van der Waals surface area contributed by atoms with Gasteiger partial charge in [-0.15, -0.1) is 0 Å². The maximum absolute atomic E-state index is 11.0. The van der Waals surface area contributed by atoms with Crippen LogP contribution >= 0.6 is 0 Å². The van der Waals surface area contributed by atoms with Gasteiger partial charge in [-0.2, -0.15) is 0 Å². The molecule has 0 amide bonds. The molecular formula is C14H14N2O5. The zero-order valence-corrected chi connectivity index (χ0v) is 11.1. The Labute approximate surface area is 120 Å². The maximum Gasteiger partial charge on any atom is 0.296 e. The fraction of sp³-hybridized carbons (Fsp3) is 0.143. The zero-order chi connectivity index (χ0) is 15.6. The first-order chi connectivity index (χ1) is 9.88. The Morgan fingerprint density at radius 2 is 1.71 bits per heavy atom. The van der Waals surface area contributed by atoms with Crippen LogP contribution in [0, 0.1) is 10.1 Å². The molecule has 2 rings (SSSR count). The average Bonchev–Trinajstić information content (AvgIpc) is 2.40. The van der Waals surface area contributed by atoms with Crippen molar-refractivity contribution < 1.29 is 20.2 Å².